The maximum atomic E-state index is 12.4. The molecule has 1 aromatic heterocycles. The molecule has 39 heavy (non-hydrogen) atoms. The highest BCUT2D eigenvalue weighted by molar-refractivity contribution is 5.88. The van der Waals surface area contributed by atoms with Gasteiger partial charge in [-0.15, -0.1) is 0 Å². The summed E-state index contributed by atoms with van der Waals surface area (Å²) in [7, 11) is 0. The number of fused-ring (bicyclic) bond motifs is 1. The van der Waals surface area contributed by atoms with Crippen LogP contribution in [0, 0.1) is 0 Å². The summed E-state index contributed by atoms with van der Waals surface area (Å²) >= 11 is 0. The molecule has 0 spiro atoms. The van der Waals surface area contributed by atoms with Gasteiger partial charge in [-0.25, -0.2) is 0 Å². The van der Waals surface area contributed by atoms with Crippen molar-refractivity contribution in [3.8, 4) is 11.5 Å². The Hall–Kier alpha value is -2.59. The van der Waals surface area contributed by atoms with E-state index in [0.717, 1.165) is 11.6 Å². The van der Waals surface area contributed by atoms with Crippen molar-refractivity contribution in [3.05, 3.63) is 45.8 Å². The average Bonchev–Trinajstić information content (AvgIpc) is 2.89. The predicted molar refractivity (Wildman–Crippen MR) is 133 cm³/mol. The Morgan fingerprint density at radius 3 is 2.31 bits per heavy atom. The molecule has 0 amide bonds. The van der Waals surface area contributed by atoms with Gasteiger partial charge >= 0.3 is 0 Å². The van der Waals surface area contributed by atoms with E-state index < -0.39 is 79.2 Å². The molecule has 7 N–H and O–H groups in total. The van der Waals surface area contributed by atoms with Crippen LogP contribution >= 0.6 is 0 Å². The van der Waals surface area contributed by atoms with Crippen LogP contribution in [-0.2, 0) is 20.6 Å². The quantitative estimate of drug-likeness (QED) is 0.206. The summed E-state index contributed by atoms with van der Waals surface area (Å²) < 4.78 is 28.0. The summed E-state index contributed by atoms with van der Waals surface area (Å²) in [5.74, 6) is -0.435. The smallest absolute Gasteiger partial charge is 0.229 e. The molecule has 2 fully saturated rings. The molecule has 0 saturated carbocycles. The van der Waals surface area contributed by atoms with E-state index in [1.165, 1.54) is 19.3 Å². The van der Waals surface area contributed by atoms with Gasteiger partial charge in [0.2, 0.25) is 6.29 Å². The summed E-state index contributed by atoms with van der Waals surface area (Å²) in [6, 6.07) is 2.34. The lowest BCUT2D eigenvalue weighted by molar-refractivity contribution is -0.318. The lowest BCUT2D eigenvalue weighted by Crippen LogP contribution is -2.61. The summed E-state index contributed by atoms with van der Waals surface area (Å²) in [6.45, 7) is 4.73. The lowest BCUT2D eigenvalue weighted by Gasteiger charge is -2.42. The van der Waals surface area contributed by atoms with E-state index in [0.29, 0.717) is 5.56 Å². The van der Waals surface area contributed by atoms with E-state index in [9.17, 15) is 40.5 Å². The normalized spacial score (nSPS) is 35.1. The predicted octanol–water partition coefficient (Wildman–Crippen LogP) is -0.962. The van der Waals surface area contributed by atoms with Crippen molar-refractivity contribution in [1.29, 1.82) is 0 Å². The molecule has 2 aromatic rings. The summed E-state index contributed by atoms with van der Waals surface area (Å²) in [5, 5.41) is 72.1. The minimum Gasteiger partial charge on any atom is -0.507 e. The Labute approximate surface area is 223 Å². The second kappa shape index (κ2) is 11.9. The third-order valence-corrected chi connectivity index (χ3v) is 6.83. The molecule has 2 aliphatic heterocycles. The number of phenols is 1. The standard InChI is InChI=1S/C26H34O13/c1-10(2)4-5-12-15(8-14(28)17-13(27)6-7-35-24(12)17)38-26-23(34)21(32)19(30)16(39-26)9-36-25-22(33)20(31)18(29)11(3)37-25/h4,6-8,11,16,18-23,25-26,28-34H,5,9H2,1-3H3. The van der Waals surface area contributed by atoms with Crippen LogP contribution < -0.4 is 10.2 Å². The lowest BCUT2D eigenvalue weighted by atomic mass is 9.98. The molecule has 216 valence electrons. The van der Waals surface area contributed by atoms with Crippen LogP contribution in [0.15, 0.2) is 39.3 Å². The first-order valence-electron chi connectivity index (χ1n) is 12.5. The van der Waals surface area contributed by atoms with Crippen LogP contribution in [0.1, 0.15) is 26.3 Å². The SMILES string of the molecule is CC(C)=CCc1c(OC2OC(COC3OC(C)C(O)C(O)C3O)C(O)C(O)C2O)cc(O)c2c(=O)ccoc12. The van der Waals surface area contributed by atoms with Crippen molar-refractivity contribution in [2.45, 2.75) is 88.6 Å². The van der Waals surface area contributed by atoms with Crippen LogP contribution in [0.4, 0.5) is 0 Å². The Bertz CT molecular complexity index is 1240. The van der Waals surface area contributed by atoms with E-state index in [1.807, 2.05) is 19.9 Å². The van der Waals surface area contributed by atoms with Crippen LogP contribution in [-0.4, -0.2) is 104 Å². The van der Waals surface area contributed by atoms with E-state index in [1.54, 1.807) is 0 Å². The Morgan fingerprint density at radius 1 is 0.949 bits per heavy atom. The fraction of sp³-hybridized carbons (Fsp3) is 0.577. The third-order valence-electron chi connectivity index (χ3n) is 6.83. The fourth-order valence-electron chi connectivity index (χ4n) is 4.50. The largest absolute Gasteiger partial charge is 0.507 e. The first-order chi connectivity index (χ1) is 18.4. The number of hydrogen-bond donors (Lipinski definition) is 7. The molecule has 0 aliphatic carbocycles. The molecule has 0 bridgehead atoms. The number of rotatable bonds is 7. The van der Waals surface area contributed by atoms with E-state index in [2.05, 4.69) is 0 Å². The van der Waals surface area contributed by atoms with Gasteiger partial charge in [0.15, 0.2) is 11.7 Å². The van der Waals surface area contributed by atoms with Crippen LogP contribution in [0.25, 0.3) is 11.0 Å². The second-order valence-electron chi connectivity index (χ2n) is 9.99. The van der Waals surface area contributed by atoms with Crippen LogP contribution in [0.2, 0.25) is 0 Å². The minimum absolute atomic E-state index is 0.00358. The van der Waals surface area contributed by atoms with Gasteiger partial charge in [-0.3, -0.25) is 4.79 Å². The van der Waals surface area contributed by atoms with E-state index in [-0.39, 0.29) is 23.1 Å². The number of benzene rings is 1. The highest BCUT2D eigenvalue weighted by Crippen LogP contribution is 2.36. The molecule has 10 atom stereocenters. The van der Waals surface area contributed by atoms with Gasteiger partial charge in [0.25, 0.3) is 0 Å². The second-order valence-corrected chi connectivity index (χ2v) is 9.99. The zero-order valence-electron chi connectivity index (χ0n) is 21.6. The molecule has 2 aliphatic rings. The number of aliphatic hydroxyl groups is 6. The highest BCUT2D eigenvalue weighted by atomic mass is 16.7. The molecule has 0 radical (unpaired) electrons. The highest BCUT2D eigenvalue weighted by Gasteiger charge is 2.47. The van der Waals surface area contributed by atoms with Gasteiger partial charge in [-0.05, 0) is 27.2 Å². The van der Waals surface area contributed by atoms with Crippen molar-refractivity contribution < 1.29 is 59.1 Å². The maximum absolute atomic E-state index is 12.4. The number of aromatic hydroxyl groups is 1. The Kier molecular flexibility index (Phi) is 8.95. The topological polar surface area (TPSA) is 209 Å². The minimum atomic E-state index is -1.74. The van der Waals surface area contributed by atoms with Crippen molar-refractivity contribution in [3.63, 3.8) is 0 Å². The van der Waals surface area contributed by atoms with Gasteiger partial charge in [0, 0.05) is 17.7 Å². The summed E-state index contributed by atoms with van der Waals surface area (Å²) in [4.78, 5) is 12.4. The molecule has 13 nitrogen and oxygen atoms in total. The monoisotopic (exact) mass is 554 g/mol. The van der Waals surface area contributed by atoms with Crippen molar-refractivity contribution >= 4 is 11.0 Å². The molecule has 4 rings (SSSR count). The van der Waals surface area contributed by atoms with Crippen LogP contribution in [0.3, 0.4) is 0 Å². The van der Waals surface area contributed by atoms with Crippen molar-refractivity contribution in [1.82, 2.24) is 0 Å². The van der Waals surface area contributed by atoms with E-state index >= 15 is 0 Å². The third kappa shape index (κ3) is 5.96. The van der Waals surface area contributed by atoms with Crippen molar-refractivity contribution in [2.75, 3.05) is 6.61 Å². The molecule has 1 aromatic carbocycles. The fourth-order valence-corrected chi connectivity index (χ4v) is 4.50. The Balaban J connectivity index is 1.58. The maximum Gasteiger partial charge on any atom is 0.229 e. The summed E-state index contributed by atoms with van der Waals surface area (Å²) in [5.41, 5.74) is 0.914. The number of phenolic OH excluding ortho intramolecular Hbond substituents is 1. The first-order valence-corrected chi connectivity index (χ1v) is 12.5. The summed E-state index contributed by atoms with van der Waals surface area (Å²) in [6.07, 6.45) is -11.5. The molecule has 2 saturated heterocycles. The van der Waals surface area contributed by atoms with Gasteiger partial charge < -0.3 is 59.1 Å². The number of ether oxygens (including phenoxy) is 4. The zero-order valence-corrected chi connectivity index (χ0v) is 21.6. The van der Waals surface area contributed by atoms with Gasteiger partial charge in [0.1, 0.15) is 65.2 Å². The zero-order chi connectivity index (χ0) is 28.6. The molecule has 13 heteroatoms. The number of hydrogen-bond acceptors (Lipinski definition) is 13. The van der Waals surface area contributed by atoms with Gasteiger partial charge in [0.05, 0.1) is 19.0 Å². The number of allylic oxidation sites excluding steroid dienone is 2. The average molecular weight is 555 g/mol. The first kappa shape index (κ1) is 29.4. The Morgan fingerprint density at radius 2 is 1.62 bits per heavy atom. The van der Waals surface area contributed by atoms with Gasteiger partial charge in [-0.2, -0.15) is 0 Å². The number of aliphatic hydroxyl groups excluding tert-OH is 6. The molecule has 3 heterocycles. The van der Waals surface area contributed by atoms with E-state index in [4.69, 9.17) is 23.4 Å². The molecule has 10 unspecified atom stereocenters. The van der Waals surface area contributed by atoms with Gasteiger partial charge in [-0.1, -0.05) is 11.6 Å². The van der Waals surface area contributed by atoms with Crippen molar-refractivity contribution in [2.24, 2.45) is 0 Å². The molecular formula is C26H34O13. The molecular weight excluding hydrogens is 520 g/mol. The van der Waals surface area contributed by atoms with Crippen LogP contribution in [0.5, 0.6) is 11.5 Å².